The quantitative estimate of drug-likeness (QED) is 0.663. The summed E-state index contributed by atoms with van der Waals surface area (Å²) in [7, 11) is -3.69. The maximum Gasteiger partial charge on any atom is 0.263 e. The van der Waals surface area contributed by atoms with Gasteiger partial charge in [0.1, 0.15) is 5.75 Å². The predicted molar refractivity (Wildman–Crippen MR) is 112 cm³/mol. The van der Waals surface area contributed by atoms with Crippen molar-refractivity contribution in [2.45, 2.75) is 37.7 Å². The number of carbonyl (C=O) groups is 2. The number of hydrogen-bond acceptors (Lipinski definition) is 6. The topological polar surface area (TPSA) is 113 Å². The van der Waals surface area contributed by atoms with Crippen LogP contribution in [0.2, 0.25) is 0 Å². The number of sulfonamides is 1. The van der Waals surface area contributed by atoms with Gasteiger partial charge in [0.05, 0.1) is 10.5 Å². The Bertz CT molecular complexity index is 890. The number of likely N-dealkylation sites (N-methyl/N-ethyl adjacent to an activating group) is 1. The zero-order valence-corrected chi connectivity index (χ0v) is 18.4. The van der Waals surface area contributed by atoms with Crippen molar-refractivity contribution >= 4 is 21.8 Å². The van der Waals surface area contributed by atoms with Gasteiger partial charge in [-0.15, -0.1) is 0 Å². The largest absolute Gasteiger partial charge is 0.480 e. The van der Waals surface area contributed by atoms with Gasteiger partial charge in [-0.3, -0.25) is 9.59 Å². The first-order valence-corrected chi connectivity index (χ1v) is 11.8. The van der Waals surface area contributed by atoms with E-state index in [0.29, 0.717) is 26.2 Å². The molecular weight excluding hydrogens is 408 g/mol. The number of amides is 2. The summed E-state index contributed by atoms with van der Waals surface area (Å²) in [6, 6.07) is 4.04. The lowest BCUT2D eigenvalue weighted by molar-refractivity contribution is -0.139. The second-order valence-corrected chi connectivity index (χ2v) is 9.59. The Morgan fingerprint density at radius 1 is 1.10 bits per heavy atom. The van der Waals surface area contributed by atoms with Crippen molar-refractivity contribution in [3.8, 4) is 5.75 Å². The fourth-order valence-corrected chi connectivity index (χ4v) is 5.37. The Morgan fingerprint density at radius 2 is 1.73 bits per heavy atom. The molecular formula is C20H30N4O5S. The molecule has 10 heteroatoms. The molecule has 3 rings (SSSR count). The zero-order chi connectivity index (χ0) is 21.9. The number of nitrogens with zero attached hydrogens (tertiary/aromatic N) is 3. The molecule has 2 aliphatic rings. The van der Waals surface area contributed by atoms with E-state index in [2.05, 4.69) is 11.8 Å². The van der Waals surface area contributed by atoms with E-state index in [1.807, 2.05) is 0 Å². The van der Waals surface area contributed by atoms with Gasteiger partial charge in [-0.05, 0) is 44.5 Å². The number of rotatable bonds is 7. The maximum absolute atomic E-state index is 12.8. The van der Waals surface area contributed by atoms with Crippen LogP contribution >= 0.6 is 0 Å². The van der Waals surface area contributed by atoms with Crippen molar-refractivity contribution in [2.75, 3.05) is 45.8 Å². The van der Waals surface area contributed by atoms with Crippen molar-refractivity contribution in [3.63, 3.8) is 0 Å². The Balaban J connectivity index is 1.75. The lowest BCUT2D eigenvalue weighted by atomic mass is 10.2. The predicted octanol–water partition coefficient (Wildman–Crippen LogP) is 0.501. The zero-order valence-electron chi connectivity index (χ0n) is 17.5. The van der Waals surface area contributed by atoms with Crippen LogP contribution in [-0.4, -0.2) is 86.3 Å². The smallest absolute Gasteiger partial charge is 0.263 e. The number of piperazine rings is 1. The third kappa shape index (κ3) is 4.76. The van der Waals surface area contributed by atoms with Gasteiger partial charge in [0.15, 0.2) is 6.10 Å². The second-order valence-electron chi connectivity index (χ2n) is 7.65. The summed E-state index contributed by atoms with van der Waals surface area (Å²) < 4.78 is 32.7. The summed E-state index contributed by atoms with van der Waals surface area (Å²) in [5.41, 5.74) is 5.43. The Kier molecular flexibility index (Phi) is 6.99. The van der Waals surface area contributed by atoms with E-state index in [0.717, 1.165) is 32.5 Å². The fourth-order valence-electron chi connectivity index (χ4n) is 3.82. The molecule has 1 unspecified atom stereocenters. The number of ether oxygens (including phenoxy) is 1. The SMILES string of the molecule is CCN1CCN(C(=O)C(C)Oc2ccc(S(=O)(=O)N3CCCC3)cc2C(N)=O)CC1. The lowest BCUT2D eigenvalue weighted by Crippen LogP contribution is -2.51. The van der Waals surface area contributed by atoms with Crippen LogP contribution in [-0.2, 0) is 14.8 Å². The van der Waals surface area contributed by atoms with E-state index in [9.17, 15) is 18.0 Å². The molecule has 2 saturated heterocycles. The Morgan fingerprint density at radius 3 is 2.30 bits per heavy atom. The van der Waals surface area contributed by atoms with E-state index in [1.54, 1.807) is 11.8 Å². The normalized spacial score (nSPS) is 19.6. The van der Waals surface area contributed by atoms with E-state index < -0.39 is 22.0 Å². The fraction of sp³-hybridized carbons (Fsp3) is 0.600. The summed E-state index contributed by atoms with van der Waals surface area (Å²) in [6.07, 6.45) is 0.808. The highest BCUT2D eigenvalue weighted by atomic mass is 32.2. The van der Waals surface area contributed by atoms with Crippen molar-refractivity contribution in [1.82, 2.24) is 14.1 Å². The standard InChI is InChI=1S/C20H30N4O5S/c1-3-22-10-12-23(13-11-22)20(26)15(2)29-18-7-6-16(14-17(18)19(21)25)30(27,28)24-8-4-5-9-24/h6-7,14-15H,3-5,8-13H2,1-2H3,(H2,21,25). The Hall–Kier alpha value is -2.17. The van der Waals surface area contributed by atoms with Gasteiger partial charge in [-0.1, -0.05) is 6.92 Å². The second kappa shape index (κ2) is 9.32. The first-order valence-electron chi connectivity index (χ1n) is 10.4. The summed E-state index contributed by atoms with van der Waals surface area (Å²) in [5.74, 6) is -0.870. The Labute approximate surface area is 177 Å². The molecule has 30 heavy (non-hydrogen) atoms. The molecule has 2 amide bonds. The van der Waals surface area contributed by atoms with Crippen LogP contribution in [0.25, 0.3) is 0 Å². The van der Waals surface area contributed by atoms with Crippen LogP contribution < -0.4 is 10.5 Å². The molecule has 2 N–H and O–H groups in total. The van der Waals surface area contributed by atoms with E-state index in [1.165, 1.54) is 22.5 Å². The highest BCUT2D eigenvalue weighted by molar-refractivity contribution is 7.89. The molecule has 0 radical (unpaired) electrons. The van der Waals surface area contributed by atoms with Crippen LogP contribution in [0.1, 0.15) is 37.0 Å². The third-order valence-corrected chi connectivity index (χ3v) is 7.60. The minimum atomic E-state index is -3.69. The van der Waals surface area contributed by atoms with E-state index >= 15 is 0 Å². The molecule has 166 valence electrons. The third-order valence-electron chi connectivity index (χ3n) is 5.70. The van der Waals surface area contributed by atoms with Crippen molar-refractivity contribution < 1.29 is 22.7 Å². The van der Waals surface area contributed by atoms with Gasteiger partial charge < -0.3 is 20.3 Å². The van der Waals surface area contributed by atoms with Gasteiger partial charge in [0, 0.05) is 39.3 Å². The number of primary amides is 1. The molecule has 1 aromatic rings. The first-order chi connectivity index (χ1) is 14.2. The van der Waals surface area contributed by atoms with Gasteiger partial charge in [-0.2, -0.15) is 4.31 Å². The van der Waals surface area contributed by atoms with Gasteiger partial charge in [0.2, 0.25) is 10.0 Å². The van der Waals surface area contributed by atoms with E-state index in [-0.39, 0.29) is 22.1 Å². The minimum absolute atomic E-state index is 0.000201. The number of nitrogens with two attached hydrogens (primary N) is 1. The summed E-state index contributed by atoms with van der Waals surface area (Å²) >= 11 is 0. The molecule has 0 aliphatic carbocycles. The lowest BCUT2D eigenvalue weighted by Gasteiger charge is -2.35. The molecule has 1 aromatic carbocycles. The minimum Gasteiger partial charge on any atom is -0.480 e. The van der Waals surface area contributed by atoms with Crippen molar-refractivity contribution in [2.24, 2.45) is 5.73 Å². The molecule has 2 heterocycles. The number of carbonyl (C=O) groups excluding carboxylic acids is 2. The van der Waals surface area contributed by atoms with Gasteiger partial charge in [-0.25, -0.2) is 8.42 Å². The van der Waals surface area contributed by atoms with Gasteiger partial charge >= 0.3 is 0 Å². The number of benzene rings is 1. The molecule has 0 saturated carbocycles. The average Bonchev–Trinajstić information content (AvgIpc) is 3.29. The van der Waals surface area contributed by atoms with Crippen LogP contribution in [0.4, 0.5) is 0 Å². The number of hydrogen-bond donors (Lipinski definition) is 1. The first kappa shape index (κ1) is 22.5. The molecule has 2 fully saturated rings. The molecule has 0 bridgehead atoms. The summed E-state index contributed by atoms with van der Waals surface area (Å²) in [6.45, 7) is 8.44. The highest BCUT2D eigenvalue weighted by Gasteiger charge is 2.30. The summed E-state index contributed by atoms with van der Waals surface area (Å²) in [4.78, 5) is 28.7. The van der Waals surface area contributed by atoms with Crippen LogP contribution in [0.5, 0.6) is 5.75 Å². The average molecular weight is 439 g/mol. The molecule has 0 spiro atoms. The van der Waals surface area contributed by atoms with Crippen LogP contribution in [0.15, 0.2) is 23.1 Å². The maximum atomic E-state index is 12.8. The van der Waals surface area contributed by atoms with Crippen molar-refractivity contribution in [1.29, 1.82) is 0 Å². The van der Waals surface area contributed by atoms with Crippen LogP contribution in [0.3, 0.4) is 0 Å². The monoisotopic (exact) mass is 438 g/mol. The van der Waals surface area contributed by atoms with Crippen LogP contribution in [0, 0.1) is 0 Å². The molecule has 2 aliphatic heterocycles. The molecule has 1 atom stereocenters. The molecule has 0 aromatic heterocycles. The van der Waals surface area contributed by atoms with E-state index in [4.69, 9.17) is 10.5 Å². The van der Waals surface area contributed by atoms with Crippen molar-refractivity contribution in [3.05, 3.63) is 23.8 Å². The summed E-state index contributed by atoms with van der Waals surface area (Å²) in [5, 5.41) is 0. The van der Waals surface area contributed by atoms with Gasteiger partial charge in [0.25, 0.3) is 11.8 Å². The molecule has 9 nitrogen and oxygen atoms in total. The highest BCUT2D eigenvalue weighted by Crippen LogP contribution is 2.27.